The summed E-state index contributed by atoms with van der Waals surface area (Å²) in [5.41, 5.74) is 1.84. The summed E-state index contributed by atoms with van der Waals surface area (Å²) < 4.78 is 5.23. The van der Waals surface area contributed by atoms with Crippen LogP contribution < -0.4 is 10.1 Å². The molecule has 2 rings (SSSR count). The number of nitrogens with one attached hydrogen (secondary N) is 1. The minimum Gasteiger partial charge on any atom is -0.497 e. The molecular formula is C17H27NO. The van der Waals surface area contributed by atoms with Crippen LogP contribution in [0.15, 0.2) is 24.3 Å². The molecule has 0 aromatic heterocycles. The summed E-state index contributed by atoms with van der Waals surface area (Å²) in [6.07, 6.45) is 2.43. The van der Waals surface area contributed by atoms with Crippen molar-refractivity contribution in [1.29, 1.82) is 0 Å². The van der Waals surface area contributed by atoms with Crippen molar-refractivity contribution >= 4 is 0 Å². The van der Waals surface area contributed by atoms with Gasteiger partial charge in [0.15, 0.2) is 0 Å². The molecule has 1 heterocycles. The highest BCUT2D eigenvalue weighted by Gasteiger charge is 2.37. The fourth-order valence-electron chi connectivity index (χ4n) is 3.53. The number of ether oxygens (including phenoxy) is 1. The molecular weight excluding hydrogens is 234 g/mol. The maximum atomic E-state index is 5.23. The van der Waals surface area contributed by atoms with E-state index in [1.54, 1.807) is 7.11 Å². The van der Waals surface area contributed by atoms with Crippen LogP contribution in [0.4, 0.5) is 0 Å². The maximum Gasteiger partial charge on any atom is 0.118 e. The van der Waals surface area contributed by atoms with E-state index < -0.39 is 0 Å². The largest absolute Gasteiger partial charge is 0.497 e. The van der Waals surface area contributed by atoms with Gasteiger partial charge < -0.3 is 10.1 Å². The summed E-state index contributed by atoms with van der Waals surface area (Å²) in [5.74, 6) is 2.43. The SMILES string of the molecule is COc1ccc(CC2(C)CCNCC2C(C)C)cc1. The third-order valence-electron chi connectivity index (χ3n) is 4.70. The van der Waals surface area contributed by atoms with Crippen LogP contribution in [0.5, 0.6) is 5.75 Å². The quantitative estimate of drug-likeness (QED) is 0.895. The van der Waals surface area contributed by atoms with Crippen molar-refractivity contribution in [1.82, 2.24) is 5.32 Å². The van der Waals surface area contributed by atoms with Gasteiger partial charge in [-0.3, -0.25) is 0 Å². The molecule has 0 spiro atoms. The van der Waals surface area contributed by atoms with E-state index in [-0.39, 0.29) is 0 Å². The molecule has 1 fully saturated rings. The Morgan fingerprint density at radius 2 is 2.00 bits per heavy atom. The molecule has 2 heteroatoms. The zero-order valence-corrected chi connectivity index (χ0v) is 12.7. The van der Waals surface area contributed by atoms with Crippen molar-refractivity contribution in [3.63, 3.8) is 0 Å². The Hall–Kier alpha value is -1.02. The van der Waals surface area contributed by atoms with E-state index in [1.807, 2.05) is 0 Å². The summed E-state index contributed by atoms with van der Waals surface area (Å²) in [4.78, 5) is 0. The van der Waals surface area contributed by atoms with Gasteiger partial charge in [0, 0.05) is 0 Å². The first-order chi connectivity index (χ1) is 9.05. The van der Waals surface area contributed by atoms with Crippen molar-refractivity contribution in [2.45, 2.75) is 33.6 Å². The number of benzene rings is 1. The number of rotatable bonds is 4. The Balaban J connectivity index is 2.13. The molecule has 2 nitrogen and oxygen atoms in total. The Kier molecular flexibility index (Phi) is 4.51. The van der Waals surface area contributed by atoms with Crippen molar-refractivity contribution in [2.75, 3.05) is 20.2 Å². The predicted octanol–water partition coefficient (Wildman–Crippen LogP) is 3.51. The van der Waals surface area contributed by atoms with Crippen molar-refractivity contribution in [3.05, 3.63) is 29.8 Å². The van der Waals surface area contributed by atoms with Crippen LogP contribution in [0.3, 0.4) is 0 Å². The van der Waals surface area contributed by atoms with Crippen LogP contribution in [0.25, 0.3) is 0 Å². The monoisotopic (exact) mass is 261 g/mol. The molecule has 1 saturated heterocycles. The van der Waals surface area contributed by atoms with Crippen LogP contribution >= 0.6 is 0 Å². The van der Waals surface area contributed by atoms with Crippen LogP contribution in [0, 0.1) is 17.3 Å². The van der Waals surface area contributed by atoms with Crippen LogP contribution in [0.2, 0.25) is 0 Å². The normalized spacial score (nSPS) is 27.5. The first-order valence-electron chi connectivity index (χ1n) is 7.39. The first-order valence-corrected chi connectivity index (χ1v) is 7.39. The van der Waals surface area contributed by atoms with Gasteiger partial charge in [0.25, 0.3) is 0 Å². The topological polar surface area (TPSA) is 21.3 Å². The summed E-state index contributed by atoms with van der Waals surface area (Å²) in [5, 5.41) is 3.56. The molecule has 0 amide bonds. The second-order valence-electron chi connectivity index (χ2n) is 6.48. The fraction of sp³-hybridized carbons (Fsp3) is 0.647. The van der Waals surface area contributed by atoms with Gasteiger partial charge in [-0.25, -0.2) is 0 Å². The van der Waals surface area contributed by atoms with E-state index in [0.717, 1.165) is 30.7 Å². The molecule has 0 aliphatic carbocycles. The second kappa shape index (κ2) is 5.96. The number of hydrogen-bond acceptors (Lipinski definition) is 2. The van der Waals surface area contributed by atoms with Gasteiger partial charge in [-0.2, -0.15) is 0 Å². The lowest BCUT2D eigenvalue weighted by Crippen LogP contribution is -2.46. The number of hydrogen-bond donors (Lipinski definition) is 1. The zero-order valence-electron chi connectivity index (χ0n) is 12.7. The average molecular weight is 261 g/mol. The van der Waals surface area contributed by atoms with Crippen LogP contribution in [0.1, 0.15) is 32.8 Å². The zero-order chi connectivity index (χ0) is 13.9. The highest BCUT2D eigenvalue weighted by atomic mass is 16.5. The van der Waals surface area contributed by atoms with E-state index >= 15 is 0 Å². The van der Waals surface area contributed by atoms with Gasteiger partial charge in [-0.05, 0) is 60.9 Å². The number of piperidine rings is 1. The predicted molar refractivity (Wildman–Crippen MR) is 80.6 cm³/mol. The summed E-state index contributed by atoms with van der Waals surface area (Å²) >= 11 is 0. The van der Waals surface area contributed by atoms with E-state index in [2.05, 4.69) is 50.4 Å². The number of methoxy groups -OCH3 is 1. The molecule has 1 aromatic rings. The standard InChI is InChI=1S/C17H27NO/c1-13(2)16-12-18-10-9-17(16,3)11-14-5-7-15(19-4)8-6-14/h5-8,13,16,18H,9-12H2,1-4H3. The molecule has 0 bridgehead atoms. The van der Waals surface area contributed by atoms with E-state index in [4.69, 9.17) is 4.74 Å². The Bertz CT molecular complexity index is 398. The summed E-state index contributed by atoms with van der Waals surface area (Å²) in [6.45, 7) is 9.47. The summed E-state index contributed by atoms with van der Waals surface area (Å²) in [7, 11) is 1.72. The average Bonchev–Trinajstić information content (AvgIpc) is 2.39. The van der Waals surface area contributed by atoms with Crippen molar-refractivity contribution < 1.29 is 4.74 Å². The maximum absolute atomic E-state index is 5.23. The van der Waals surface area contributed by atoms with Gasteiger partial charge in [-0.1, -0.05) is 32.9 Å². The third kappa shape index (κ3) is 3.30. The van der Waals surface area contributed by atoms with E-state index in [9.17, 15) is 0 Å². The molecule has 1 N–H and O–H groups in total. The molecule has 2 atom stereocenters. The molecule has 1 aliphatic rings. The third-order valence-corrected chi connectivity index (χ3v) is 4.70. The lowest BCUT2D eigenvalue weighted by molar-refractivity contribution is 0.0902. The first kappa shape index (κ1) is 14.4. The Morgan fingerprint density at radius 1 is 1.32 bits per heavy atom. The molecule has 2 unspecified atom stereocenters. The van der Waals surface area contributed by atoms with Gasteiger partial charge in [0.05, 0.1) is 7.11 Å². The van der Waals surface area contributed by atoms with Crippen molar-refractivity contribution in [2.24, 2.45) is 17.3 Å². The molecule has 1 aliphatic heterocycles. The molecule has 106 valence electrons. The minimum atomic E-state index is 0.411. The van der Waals surface area contributed by atoms with Gasteiger partial charge in [-0.15, -0.1) is 0 Å². The Labute approximate surface area is 117 Å². The molecule has 0 radical (unpaired) electrons. The lowest BCUT2D eigenvalue weighted by Gasteiger charge is -2.44. The minimum absolute atomic E-state index is 0.411. The van der Waals surface area contributed by atoms with Crippen molar-refractivity contribution in [3.8, 4) is 5.75 Å². The van der Waals surface area contributed by atoms with E-state index in [0.29, 0.717) is 5.41 Å². The molecule has 19 heavy (non-hydrogen) atoms. The highest BCUT2D eigenvalue weighted by Crippen LogP contribution is 2.41. The van der Waals surface area contributed by atoms with Crippen LogP contribution in [-0.4, -0.2) is 20.2 Å². The Morgan fingerprint density at radius 3 is 2.58 bits per heavy atom. The lowest BCUT2D eigenvalue weighted by atomic mass is 9.65. The smallest absolute Gasteiger partial charge is 0.118 e. The van der Waals surface area contributed by atoms with E-state index in [1.165, 1.54) is 18.4 Å². The fourth-order valence-corrected chi connectivity index (χ4v) is 3.53. The molecule has 0 saturated carbocycles. The van der Waals surface area contributed by atoms with Crippen LogP contribution in [-0.2, 0) is 6.42 Å². The summed E-state index contributed by atoms with van der Waals surface area (Å²) in [6, 6.07) is 8.57. The van der Waals surface area contributed by atoms with Gasteiger partial charge in [0.2, 0.25) is 0 Å². The second-order valence-corrected chi connectivity index (χ2v) is 6.48. The van der Waals surface area contributed by atoms with Gasteiger partial charge in [0.1, 0.15) is 5.75 Å². The molecule has 1 aromatic carbocycles. The highest BCUT2D eigenvalue weighted by molar-refractivity contribution is 5.28. The van der Waals surface area contributed by atoms with Gasteiger partial charge >= 0.3 is 0 Å².